The van der Waals surface area contributed by atoms with Crippen molar-refractivity contribution in [2.24, 2.45) is 0 Å². The molecule has 0 atom stereocenters. The fourth-order valence-corrected chi connectivity index (χ4v) is 4.24. The van der Waals surface area contributed by atoms with Gasteiger partial charge in [-0.1, -0.05) is 71.7 Å². The molecule has 0 radical (unpaired) electrons. The van der Waals surface area contributed by atoms with Crippen LogP contribution < -0.4 is 0 Å². The summed E-state index contributed by atoms with van der Waals surface area (Å²) >= 11 is 12.6. The molecule has 0 saturated carbocycles. The first-order valence-electron chi connectivity index (χ1n) is 9.53. The molecule has 1 N–H and O–H groups in total. The van der Waals surface area contributed by atoms with Crippen LogP contribution in [0.25, 0.3) is 33.2 Å². The van der Waals surface area contributed by atoms with Crippen molar-refractivity contribution in [2.75, 3.05) is 0 Å². The SMILES string of the molecule is O=C(Cc1ccc2ccccc2c1)c1ccc2nc(-c3c(Cl)cccc3Cl)[nH]c2c1. The molecule has 0 fully saturated rings. The van der Waals surface area contributed by atoms with E-state index < -0.39 is 0 Å². The second kappa shape index (κ2) is 7.60. The molecule has 0 bridgehead atoms. The third-order valence-electron chi connectivity index (χ3n) is 5.18. The fraction of sp³-hybridized carbons (Fsp3) is 0.0400. The molecule has 5 heteroatoms. The summed E-state index contributed by atoms with van der Waals surface area (Å²) in [7, 11) is 0. The van der Waals surface area contributed by atoms with Gasteiger partial charge in [-0.15, -0.1) is 0 Å². The number of Topliss-reactive ketones (excluding diaryl/α,β-unsaturated/α-hetero) is 1. The summed E-state index contributed by atoms with van der Waals surface area (Å²) in [4.78, 5) is 20.7. The number of rotatable bonds is 4. The maximum absolute atomic E-state index is 12.9. The lowest BCUT2D eigenvalue weighted by molar-refractivity contribution is 0.0993. The highest BCUT2D eigenvalue weighted by molar-refractivity contribution is 6.39. The van der Waals surface area contributed by atoms with Crippen LogP contribution in [0.2, 0.25) is 10.0 Å². The van der Waals surface area contributed by atoms with Gasteiger partial charge < -0.3 is 4.98 Å². The van der Waals surface area contributed by atoms with Crippen molar-refractivity contribution in [3.8, 4) is 11.4 Å². The van der Waals surface area contributed by atoms with Crippen molar-refractivity contribution in [3.63, 3.8) is 0 Å². The number of imidazole rings is 1. The van der Waals surface area contributed by atoms with Crippen LogP contribution >= 0.6 is 23.2 Å². The van der Waals surface area contributed by atoms with E-state index in [1.54, 1.807) is 18.2 Å². The van der Waals surface area contributed by atoms with Crippen molar-refractivity contribution in [1.29, 1.82) is 0 Å². The molecule has 0 unspecified atom stereocenters. The summed E-state index contributed by atoms with van der Waals surface area (Å²) in [5.41, 5.74) is 3.80. The van der Waals surface area contributed by atoms with Crippen molar-refractivity contribution >= 4 is 50.8 Å². The molecule has 1 heterocycles. The number of carbonyl (C=O) groups is 1. The van der Waals surface area contributed by atoms with E-state index in [2.05, 4.69) is 34.2 Å². The molecule has 1 aromatic heterocycles. The van der Waals surface area contributed by atoms with Crippen LogP contribution in [-0.2, 0) is 6.42 Å². The normalized spacial score (nSPS) is 11.3. The largest absolute Gasteiger partial charge is 0.338 e. The predicted molar refractivity (Wildman–Crippen MR) is 124 cm³/mol. The highest BCUT2D eigenvalue weighted by atomic mass is 35.5. The number of nitrogens with one attached hydrogen (secondary N) is 1. The molecule has 0 spiro atoms. The average molecular weight is 431 g/mol. The van der Waals surface area contributed by atoms with E-state index in [0.29, 0.717) is 33.4 Å². The Bertz CT molecular complexity index is 1400. The monoisotopic (exact) mass is 430 g/mol. The number of fused-ring (bicyclic) bond motifs is 2. The number of H-pyrrole nitrogens is 1. The summed E-state index contributed by atoms with van der Waals surface area (Å²) in [5, 5.41) is 3.34. The van der Waals surface area contributed by atoms with Gasteiger partial charge in [-0.25, -0.2) is 4.98 Å². The molecule has 5 aromatic rings. The smallest absolute Gasteiger partial charge is 0.167 e. The Hall–Kier alpha value is -3.14. The number of nitrogens with zero attached hydrogens (tertiary/aromatic N) is 1. The fourth-order valence-electron chi connectivity index (χ4n) is 3.66. The van der Waals surface area contributed by atoms with Gasteiger partial charge in [0.15, 0.2) is 5.78 Å². The molecule has 0 saturated heterocycles. The Kier molecular flexibility index (Phi) is 4.78. The first-order chi connectivity index (χ1) is 14.6. The lowest BCUT2D eigenvalue weighted by Crippen LogP contribution is -2.03. The number of aromatic nitrogens is 2. The van der Waals surface area contributed by atoms with E-state index in [-0.39, 0.29) is 5.78 Å². The quantitative estimate of drug-likeness (QED) is 0.308. The van der Waals surface area contributed by atoms with E-state index in [1.165, 1.54) is 5.39 Å². The zero-order valence-electron chi connectivity index (χ0n) is 15.8. The van der Waals surface area contributed by atoms with Gasteiger partial charge in [0.1, 0.15) is 5.82 Å². The minimum Gasteiger partial charge on any atom is -0.338 e. The first-order valence-corrected chi connectivity index (χ1v) is 10.3. The maximum Gasteiger partial charge on any atom is 0.167 e. The number of ketones is 1. The minimum atomic E-state index is 0.0547. The number of hydrogen-bond acceptors (Lipinski definition) is 2. The molecular weight excluding hydrogens is 415 g/mol. The second-order valence-corrected chi connectivity index (χ2v) is 8.01. The number of halogens is 2. The van der Waals surface area contributed by atoms with Crippen molar-refractivity contribution in [1.82, 2.24) is 9.97 Å². The summed E-state index contributed by atoms with van der Waals surface area (Å²) in [6, 6.07) is 25.1. The predicted octanol–water partition coefficient (Wildman–Crippen LogP) is 7.12. The average Bonchev–Trinajstić information content (AvgIpc) is 3.16. The molecule has 146 valence electrons. The maximum atomic E-state index is 12.9. The summed E-state index contributed by atoms with van der Waals surface area (Å²) < 4.78 is 0. The molecule has 3 nitrogen and oxygen atoms in total. The van der Waals surface area contributed by atoms with Crippen molar-refractivity contribution in [2.45, 2.75) is 6.42 Å². The van der Waals surface area contributed by atoms with Gasteiger partial charge >= 0.3 is 0 Å². The van der Waals surface area contributed by atoms with E-state index in [1.807, 2.05) is 36.4 Å². The Morgan fingerprint density at radius 3 is 2.40 bits per heavy atom. The lowest BCUT2D eigenvalue weighted by atomic mass is 10.00. The van der Waals surface area contributed by atoms with Gasteiger partial charge in [-0.05, 0) is 46.7 Å². The molecule has 0 aliphatic carbocycles. The van der Waals surface area contributed by atoms with Crippen molar-refractivity contribution < 1.29 is 4.79 Å². The van der Waals surface area contributed by atoms with Crippen LogP contribution in [-0.4, -0.2) is 15.8 Å². The molecule has 0 aliphatic rings. The molecular formula is C25H16Cl2N2O. The van der Waals surface area contributed by atoms with Crippen LogP contribution in [0.5, 0.6) is 0 Å². The Morgan fingerprint density at radius 1 is 0.833 bits per heavy atom. The van der Waals surface area contributed by atoms with Crippen molar-refractivity contribution in [3.05, 3.63) is 100 Å². The number of aromatic amines is 1. The van der Waals surface area contributed by atoms with Crippen LogP contribution in [0.3, 0.4) is 0 Å². The topological polar surface area (TPSA) is 45.8 Å². The van der Waals surface area contributed by atoms with E-state index in [0.717, 1.165) is 22.0 Å². The van der Waals surface area contributed by atoms with Crippen LogP contribution in [0.4, 0.5) is 0 Å². The summed E-state index contributed by atoms with van der Waals surface area (Å²) in [5.74, 6) is 0.638. The van der Waals surface area contributed by atoms with Crippen LogP contribution in [0.1, 0.15) is 15.9 Å². The van der Waals surface area contributed by atoms with Gasteiger partial charge in [0.25, 0.3) is 0 Å². The van der Waals surface area contributed by atoms with E-state index in [4.69, 9.17) is 23.2 Å². The van der Waals surface area contributed by atoms with Gasteiger partial charge in [0.2, 0.25) is 0 Å². The zero-order chi connectivity index (χ0) is 20.7. The number of carbonyl (C=O) groups excluding carboxylic acids is 1. The molecule has 0 aliphatic heterocycles. The van der Waals surface area contributed by atoms with Gasteiger partial charge in [-0.2, -0.15) is 0 Å². The second-order valence-electron chi connectivity index (χ2n) is 7.20. The first kappa shape index (κ1) is 18.9. The van der Waals surface area contributed by atoms with Gasteiger partial charge in [0.05, 0.1) is 26.6 Å². The summed E-state index contributed by atoms with van der Waals surface area (Å²) in [6.45, 7) is 0. The third-order valence-corrected chi connectivity index (χ3v) is 5.81. The molecule has 30 heavy (non-hydrogen) atoms. The van der Waals surface area contributed by atoms with Gasteiger partial charge in [-0.3, -0.25) is 4.79 Å². The number of benzene rings is 4. The standard InChI is InChI=1S/C25H16Cl2N2O/c26-19-6-3-7-20(27)24(19)25-28-21-11-10-18(14-22(21)29-25)23(30)13-15-8-9-16-4-1-2-5-17(16)12-15/h1-12,14H,13H2,(H,28,29). The van der Waals surface area contributed by atoms with Crippen LogP contribution in [0.15, 0.2) is 78.9 Å². The lowest BCUT2D eigenvalue weighted by Gasteiger charge is -2.04. The van der Waals surface area contributed by atoms with Crippen LogP contribution in [0, 0.1) is 0 Å². The Labute approximate surface area is 183 Å². The minimum absolute atomic E-state index is 0.0547. The summed E-state index contributed by atoms with van der Waals surface area (Å²) in [6.07, 6.45) is 0.341. The van der Waals surface area contributed by atoms with Gasteiger partial charge in [0, 0.05) is 12.0 Å². The zero-order valence-corrected chi connectivity index (χ0v) is 17.3. The molecule has 4 aromatic carbocycles. The van der Waals surface area contributed by atoms with E-state index in [9.17, 15) is 4.79 Å². The molecule has 5 rings (SSSR count). The highest BCUT2D eigenvalue weighted by Crippen LogP contribution is 2.34. The Balaban J connectivity index is 1.46. The molecule has 0 amide bonds. The Morgan fingerprint density at radius 2 is 1.60 bits per heavy atom. The number of hydrogen-bond donors (Lipinski definition) is 1. The third kappa shape index (κ3) is 3.47. The highest BCUT2D eigenvalue weighted by Gasteiger charge is 2.14. The van der Waals surface area contributed by atoms with E-state index >= 15 is 0 Å².